The van der Waals surface area contributed by atoms with E-state index in [2.05, 4.69) is 6.07 Å². The smallest absolute Gasteiger partial charge is 0.223 e. The highest BCUT2D eigenvalue weighted by Crippen LogP contribution is 2.44. The first-order valence-corrected chi connectivity index (χ1v) is 6.37. The highest BCUT2D eigenvalue weighted by molar-refractivity contribution is 8.03. The second kappa shape index (κ2) is 4.38. The highest BCUT2D eigenvalue weighted by Gasteiger charge is 2.22. The number of rotatable bonds is 2. The molecule has 0 saturated carbocycles. The summed E-state index contributed by atoms with van der Waals surface area (Å²) < 4.78 is 5.10. The van der Waals surface area contributed by atoms with Gasteiger partial charge in [-0.2, -0.15) is 0 Å². The molecule has 0 amide bonds. The minimum Gasteiger partial charge on any atom is -0.461 e. The van der Waals surface area contributed by atoms with Gasteiger partial charge in [-0.15, -0.1) is 0 Å². The quantitative estimate of drug-likeness (QED) is 0.608. The number of fused-ring (bicyclic) bond motifs is 1. The first-order valence-electron chi connectivity index (χ1n) is 5.56. The Morgan fingerprint density at radius 2 is 2.11 bits per heavy atom. The maximum absolute atomic E-state index is 11.9. The van der Waals surface area contributed by atoms with E-state index < -0.39 is 0 Å². The lowest BCUT2D eigenvalue weighted by atomic mass is 10.3. The Morgan fingerprint density at radius 3 is 2.83 bits per heavy atom. The molecule has 0 unspecified atom stereocenters. The molecule has 18 heavy (non-hydrogen) atoms. The second-order valence-corrected chi connectivity index (χ2v) is 5.02. The Hall–Kier alpha value is -1.94. The lowest BCUT2D eigenvalue weighted by molar-refractivity contribution is 0.102. The van der Waals surface area contributed by atoms with E-state index in [4.69, 9.17) is 4.42 Å². The molecule has 0 atom stereocenters. The molecule has 0 N–H and O–H groups in total. The average molecular weight is 257 g/mol. The number of carbonyl (C=O) groups excluding carboxylic acids is 1. The largest absolute Gasteiger partial charge is 0.461 e. The van der Waals surface area contributed by atoms with Crippen molar-refractivity contribution in [2.75, 3.05) is 11.9 Å². The van der Waals surface area contributed by atoms with Crippen LogP contribution in [0.4, 0.5) is 5.69 Å². The monoisotopic (exact) mass is 257 g/mol. The van der Waals surface area contributed by atoms with Gasteiger partial charge in [0.25, 0.3) is 0 Å². The van der Waals surface area contributed by atoms with Gasteiger partial charge in [-0.1, -0.05) is 23.9 Å². The minimum atomic E-state index is -0.109. The fourth-order valence-electron chi connectivity index (χ4n) is 1.85. The van der Waals surface area contributed by atoms with Crippen molar-refractivity contribution in [3.8, 4) is 0 Å². The first kappa shape index (κ1) is 11.2. The SMILES string of the molecule is CN1/C(=C/C(=O)c2ccco2)Sc2ccccc21. The first-order chi connectivity index (χ1) is 8.75. The average Bonchev–Trinajstić information content (AvgIpc) is 3.00. The van der Waals surface area contributed by atoms with Crippen molar-refractivity contribution in [2.24, 2.45) is 0 Å². The maximum atomic E-state index is 11.9. The van der Waals surface area contributed by atoms with Crippen LogP contribution in [0.25, 0.3) is 0 Å². The molecule has 0 saturated heterocycles. The fourth-order valence-corrected chi connectivity index (χ4v) is 2.93. The lowest BCUT2D eigenvalue weighted by Gasteiger charge is -2.12. The van der Waals surface area contributed by atoms with E-state index >= 15 is 0 Å². The number of hydrogen-bond acceptors (Lipinski definition) is 4. The predicted octanol–water partition coefficient (Wildman–Crippen LogP) is 3.55. The van der Waals surface area contributed by atoms with Crippen LogP contribution in [0.15, 0.2) is 63.1 Å². The van der Waals surface area contributed by atoms with Crippen molar-refractivity contribution in [3.05, 3.63) is 59.5 Å². The molecule has 1 aromatic carbocycles. The Kier molecular flexibility index (Phi) is 2.72. The van der Waals surface area contributed by atoms with E-state index in [1.807, 2.05) is 30.1 Å². The van der Waals surface area contributed by atoms with Crippen LogP contribution < -0.4 is 4.90 Å². The van der Waals surface area contributed by atoms with Crippen molar-refractivity contribution < 1.29 is 9.21 Å². The van der Waals surface area contributed by atoms with E-state index in [-0.39, 0.29) is 5.78 Å². The molecule has 2 aromatic rings. The molecule has 3 rings (SSSR count). The Morgan fingerprint density at radius 1 is 1.28 bits per heavy atom. The summed E-state index contributed by atoms with van der Waals surface area (Å²) in [5.41, 5.74) is 1.13. The van der Waals surface area contributed by atoms with E-state index in [9.17, 15) is 4.79 Å². The number of nitrogens with zero attached hydrogens (tertiary/aromatic N) is 1. The zero-order chi connectivity index (χ0) is 12.5. The van der Waals surface area contributed by atoms with Crippen LogP contribution in [0.2, 0.25) is 0 Å². The summed E-state index contributed by atoms with van der Waals surface area (Å²) in [7, 11) is 1.96. The number of para-hydroxylation sites is 1. The number of allylic oxidation sites excluding steroid dienone is 1. The number of ketones is 1. The van der Waals surface area contributed by atoms with Crippen molar-refractivity contribution in [3.63, 3.8) is 0 Å². The lowest BCUT2D eigenvalue weighted by Crippen LogP contribution is -2.11. The summed E-state index contributed by atoms with van der Waals surface area (Å²) in [5.74, 6) is 0.259. The van der Waals surface area contributed by atoms with Gasteiger partial charge in [0.05, 0.1) is 17.0 Å². The Balaban J connectivity index is 1.90. The minimum absolute atomic E-state index is 0.109. The van der Waals surface area contributed by atoms with Crippen LogP contribution in [-0.4, -0.2) is 12.8 Å². The van der Waals surface area contributed by atoms with Crippen molar-refractivity contribution in [2.45, 2.75) is 4.90 Å². The molecule has 4 heteroatoms. The van der Waals surface area contributed by atoms with E-state index in [1.54, 1.807) is 30.0 Å². The van der Waals surface area contributed by atoms with Gasteiger partial charge in [0.15, 0.2) is 5.76 Å². The molecule has 1 aromatic heterocycles. The summed E-state index contributed by atoms with van der Waals surface area (Å²) in [6.45, 7) is 0. The van der Waals surface area contributed by atoms with Gasteiger partial charge in [0.2, 0.25) is 5.78 Å². The molecule has 0 radical (unpaired) electrons. The molecular formula is C14H11NO2S. The molecule has 90 valence electrons. The molecule has 1 aliphatic rings. The van der Waals surface area contributed by atoms with Gasteiger partial charge < -0.3 is 9.32 Å². The number of anilines is 1. The normalized spacial score (nSPS) is 16.1. The number of hydrogen-bond donors (Lipinski definition) is 0. The van der Waals surface area contributed by atoms with Crippen molar-refractivity contribution in [1.29, 1.82) is 0 Å². The molecule has 0 spiro atoms. The number of furan rings is 1. The fraction of sp³-hybridized carbons (Fsp3) is 0.0714. The van der Waals surface area contributed by atoms with E-state index in [0.29, 0.717) is 5.76 Å². The Labute approximate surface area is 109 Å². The van der Waals surface area contributed by atoms with Crippen LogP contribution in [-0.2, 0) is 0 Å². The van der Waals surface area contributed by atoms with Crippen LogP contribution >= 0.6 is 11.8 Å². The predicted molar refractivity (Wildman–Crippen MR) is 71.8 cm³/mol. The van der Waals surface area contributed by atoms with Gasteiger partial charge >= 0.3 is 0 Å². The van der Waals surface area contributed by atoms with Crippen molar-refractivity contribution >= 4 is 23.2 Å². The number of benzene rings is 1. The zero-order valence-corrected chi connectivity index (χ0v) is 10.6. The van der Waals surface area contributed by atoms with E-state index in [1.165, 1.54) is 11.2 Å². The van der Waals surface area contributed by atoms with Gasteiger partial charge in [-0.25, -0.2) is 0 Å². The molecule has 2 heterocycles. The zero-order valence-electron chi connectivity index (χ0n) is 9.79. The summed E-state index contributed by atoms with van der Waals surface area (Å²) in [4.78, 5) is 15.1. The topological polar surface area (TPSA) is 33.5 Å². The number of thioether (sulfide) groups is 1. The van der Waals surface area contributed by atoms with Crippen LogP contribution in [0.1, 0.15) is 10.6 Å². The third-order valence-electron chi connectivity index (χ3n) is 2.79. The van der Waals surface area contributed by atoms with E-state index in [0.717, 1.165) is 10.7 Å². The van der Waals surface area contributed by atoms with Gasteiger partial charge in [-0.3, -0.25) is 4.79 Å². The molecule has 0 fully saturated rings. The van der Waals surface area contributed by atoms with Gasteiger partial charge in [-0.05, 0) is 24.3 Å². The van der Waals surface area contributed by atoms with Crippen LogP contribution in [0, 0.1) is 0 Å². The third kappa shape index (κ3) is 1.84. The molecule has 0 bridgehead atoms. The molecule has 3 nitrogen and oxygen atoms in total. The Bertz CT molecular complexity index is 616. The second-order valence-electron chi connectivity index (χ2n) is 3.95. The molecule has 0 aliphatic carbocycles. The van der Waals surface area contributed by atoms with Crippen LogP contribution in [0.5, 0.6) is 0 Å². The van der Waals surface area contributed by atoms with Gasteiger partial charge in [0.1, 0.15) is 0 Å². The van der Waals surface area contributed by atoms with Crippen molar-refractivity contribution in [1.82, 2.24) is 0 Å². The molecular weight excluding hydrogens is 246 g/mol. The highest BCUT2D eigenvalue weighted by atomic mass is 32.2. The summed E-state index contributed by atoms with van der Waals surface area (Å²) in [6.07, 6.45) is 3.12. The summed E-state index contributed by atoms with van der Waals surface area (Å²) in [5, 5.41) is 0.914. The van der Waals surface area contributed by atoms with Crippen LogP contribution in [0.3, 0.4) is 0 Å². The summed E-state index contributed by atoms with van der Waals surface area (Å²) >= 11 is 1.59. The van der Waals surface area contributed by atoms with Gasteiger partial charge in [0, 0.05) is 18.0 Å². The standard InChI is InChI=1S/C14H11NO2S/c1-15-10-5-2-3-7-13(10)18-14(15)9-11(16)12-6-4-8-17-12/h2-9H,1H3/b14-9-. The maximum Gasteiger partial charge on any atom is 0.223 e. The number of carbonyl (C=O) groups is 1. The summed E-state index contributed by atoms with van der Waals surface area (Å²) in [6, 6.07) is 11.5. The molecule has 1 aliphatic heterocycles. The third-order valence-corrected chi connectivity index (χ3v) is 3.96.